The molecule has 26 heavy (non-hydrogen) atoms. The van der Waals surface area contributed by atoms with Crippen molar-refractivity contribution < 1.29 is 0 Å². The molecule has 1 fully saturated rings. The molecule has 4 rings (SSSR count). The molecule has 6 nitrogen and oxygen atoms in total. The first-order chi connectivity index (χ1) is 12.6. The molecule has 1 N–H and O–H groups in total. The van der Waals surface area contributed by atoms with Gasteiger partial charge >= 0.3 is 0 Å². The first-order valence-electron chi connectivity index (χ1n) is 8.96. The van der Waals surface area contributed by atoms with Crippen LogP contribution in [0.2, 0.25) is 0 Å². The van der Waals surface area contributed by atoms with Crippen molar-refractivity contribution >= 4 is 11.6 Å². The molecule has 3 aromatic rings. The lowest BCUT2D eigenvalue weighted by molar-refractivity contribution is 0.415. The summed E-state index contributed by atoms with van der Waals surface area (Å²) in [7, 11) is 4.08. The highest BCUT2D eigenvalue weighted by Gasteiger charge is 2.43. The summed E-state index contributed by atoms with van der Waals surface area (Å²) in [5.74, 6) is 0.686. The highest BCUT2D eigenvalue weighted by Crippen LogP contribution is 2.46. The Bertz CT molecular complexity index is 850. The van der Waals surface area contributed by atoms with Crippen molar-refractivity contribution in [3.05, 3.63) is 55.0 Å². The van der Waals surface area contributed by atoms with Crippen molar-refractivity contribution in [1.82, 2.24) is 19.7 Å². The second-order valence-corrected chi connectivity index (χ2v) is 7.26. The average molecular weight is 348 g/mol. The number of hydrogen-bond donors (Lipinski definition) is 1. The molecular weight excluding hydrogens is 324 g/mol. The summed E-state index contributed by atoms with van der Waals surface area (Å²) in [6.07, 6.45) is 8.10. The molecule has 0 bridgehead atoms. The maximum atomic E-state index is 4.69. The van der Waals surface area contributed by atoms with Crippen molar-refractivity contribution in [3.8, 4) is 11.3 Å². The lowest BCUT2D eigenvalue weighted by Gasteiger charge is -2.16. The Morgan fingerprint density at radius 3 is 2.58 bits per heavy atom. The Balaban J connectivity index is 1.43. The van der Waals surface area contributed by atoms with Gasteiger partial charge in [0.1, 0.15) is 0 Å². The van der Waals surface area contributed by atoms with E-state index in [1.807, 2.05) is 49.5 Å². The molecule has 0 aliphatic heterocycles. The molecule has 1 aliphatic carbocycles. The maximum absolute atomic E-state index is 4.69. The molecule has 0 atom stereocenters. The van der Waals surface area contributed by atoms with E-state index in [4.69, 9.17) is 0 Å². The Labute approximate surface area is 153 Å². The van der Waals surface area contributed by atoms with E-state index in [1.54, 1.807) is 0 Å². The second kappa shape index (κ2) is 6.78. The zero-order chi connectivity index (χ0) is 18.0. The zero-order valence-corrected chi connectivity index (χ0v) is 15.3. The monoisotopic (exact) mass is 348 g/mol. The molecule has 0 radical (unpaired) electrons. The highest BCUT2D eigenvalue weighted by atomic mass is 15.3. The van der Waals surface area contributed by atoms with Crippen molar-refractivity contribution in [1.29, 1.82) is 0 Å². The summed E-state index contributed by atoms with van der Waals surface area (Å²) < 4.78 is 2.01. The number of benzene rings is 1. The van der Waals surface area contributed by atoms with Gasteiger partial charge in [0.2, 0.25) is 5.95 Å². The first-order valence-corrected chi connectivity index (χ1v) is 8.96. The third-order valence-corrected chi connectivity index (χ3v) is 4.97. The van der Waals surface area contributed by atoms with E-state index in [2.05, 4.69) is 49.5 Å². The minimum Gasteiger partial charge on any atom is -0.378 e. The fraction of sp³-hybridized carbons (Fsp3) is 0.350. The number of hydrogen-bond acceptors (Lipinski definition) is 5. The molecule has 2 heterocycles. The lowest BCUT2D eigenvalue weighted by atomic mass is 10.1. The molecule has 1 aromatic carbocycles. The van der Waals surface area contributed by atoms with E-state index in [9.17, 15) is 0 Å². The molecule has 6 heteroatoms. The van der Waals surface area contributed by atoms with E-state index in [0.29, 0.717) is 5.95 Å². The van der Waals surface area contributed by atoms with Crippen LogP contribution in [0.15, 0.2) is 55.0 Å². The summed E-state index contributed by atoms with van der Waals surface area (Å²) in [6.45, 7) is 1.81. The van der Waals surface area contributed by atoms with E-state index < -0.39 is 0 Å². The van der Waals surface area contributed by atoms with Gasteiger partial charge in [-0.3, -0.25) is 4.68 Å². The zero-order valence-electron chi connectivity index (χ0n) is 15.3. The van der Waals surface area contributed by atoms with Crippen LogP contribution in [0.3, 0.4) is 0 Å². The number of rotatable bonds is 7. The van der Waals surface area contributed by atoms with Crippen LogP contribution in [0.5, 0.6) is 0 Å². The van der Waals surface area contributed by atoms with Gasteiger partial charge in [-0.1, -0.05) is 12.1 Å². The van der Waals surface area contributed by atoms with Crippen LogP contribution in [-0.2, 0) is 6.54 Å². The van der Waals surface area contributed by atoms with Gasteiger partial charge in [-0.15, -0.1) is 0 Å². The Morgan fingerprint density at radius 2 is 1.92 bits per heavy atom. The molecule has 134 valence electrons. The molecule has 2 aromatic heterocycles. The van der Waals surface area contributed by atoms with Crippen LogP contribution in [0, 0.1) is 5.41 Å². The third kappa shape index (κ3) is 3.69. The van der Waals surface area contributed by atoms with Crippen LogP contribution in [0.4, 0.5) is 11.6 Å². The topological polar surface area (TPSA) is 58.9 Å². The van der Waals surface area contributed by atoms with Gasteiger partial charge in [-0.25, -0.2) is 9.97 Å². The molecule has 1 aliphatic rings. The average Bonchev–Trinajstić information content (AvgIpc) is 3.23. The maximum Gasteiger partial charge on any atom is 0.223 e. The number of aromatic nitrogens is 4. The van der Waals surface area contributed by atoms with Crippen molar-refractivity contribution in [2.24, 2.45) is 5.41 Å². The fourth-order valence-electron chi connectivity index (χ4n) is 3.11. The van der Waals surface area contributed by atoms with Gasteiger partial charge in [0.25, 0.3) is 0 Å². The van der Waals surface area contributed by atoms with Crippen molar-refractivity contribution in [3.63, 3.8) is 0 Å². The van der Waals surface area contributed by atoms with Crippen LogP contribution < -0.4 is 10.2 Å². The third-order valence-electron chi connectivity index (χ3n) is 4.97. The van der Waals surface area contributed by atoms with E-state index in [0.717, 1.165) is 24.3 Å². The molecular formula is C20H24N6. The van der Waals surface area contributed by atoms with Crippen molar-refractivity contribution in [2.45, 2.75) is 19.4 Å². The van der Waals surface area contributed by atoms with Crippen LogP contribution in [0.1, 0.15) is 12.8 Å². The Hall–Kier alpha value is -2.89. The smallest absolute Gasteiger partial charge is 0.223 e. The number of anilines is 2. The largest absolute Gasteiger partial charge is 0.378 e. The van der Waals surface area contributed by atoms with Crippen LogP contribution >= 0.6 is 0 Å². The number of nitrogens with one attached hydrogen (secondary N) is 1. The van der Waals surface area contributed by atoms with E-state index >= 15 is 0 Å². The van der Waals surface area contributed by atoms with Gasteiger partial charge < -0.3 is 10.2 Å². The van der Waals surface area contributed by atoms with E-state index in [1.165, 1.54) is 18.5 Å². The molecule has 0 saturated heterocycles. The predicted molar refractivity (Wildman–Crippen MR) is 104 cm³/mol. The second-order valence-electron chi connectivity index (χ2n) is 7.26. The standard InChI is InChI=1S/C20H24N6/c1-25(2)17-6-4-16(5-7-17)18-8-12-21-19(24-18)22-14-20(9-10-20)15-26-13-3-11-23-26/h3-8,11-13H,9-10,14-15H2,1-2H3,(H,21,22,24). The van der Waals surface area contributed by atoms with E-state index in [-0.39, 0.29) is 5.41 Å². The Kier molecular flexibility index (Phi) is 4.32. The molecule has 0 amide bonds. The lowest BCUT2D eigenvalue weighted by Crippen LogP contribution is -2.22. The summed E-state index contributed by atoms with van der Waals surface area (Å²) in [6, 6.07) is 12.3. The van der Waals surface area contributed by atoms with Gasteiger partial charge in [0.05, 0.1) is 5.69 Å². The quantitative estimate of drug-likeness (QED) is 0.710. The normalized spacial score (nSPS) is 14.8. The Morgan fingerprint density at radius 1 is 1.12 bits per heavy atom. The summed E-state index contributed by atoms with van der Waals surface area (Å²) in [5, 5.41) is 7.75. The fourth-order valence-corrected chi connectivity index (χ4v) is 3.11. The van der Waals surface area contributed by atoms with Gasteiger partial charge in [-0.05, 0) is 37.1 Å². The van der Waals surface area contributed by atoms with Gasteiger partial charge in [-0.2, -0.15) is 5.10 Å². The SMILES string of the molecule is CN(C)c1ccc(-c2ccnc(NCC3(Cn4cccn4)CC3)n2)cc1. The highest BCUT2D eigenvalue weighted by molar-refractivity contribution is 5.63. The van der Waals surface area contributed by atoms with Gasteiger partial charge in [0.15, 0.2) is 0 Å². The first kappa shape index (κ1) is 16.6. The number of nitrogens with zero attached hydrogens (tertiary/aromatic N) is 5. The minimum atomic E-state index is 0.277. The summed E-state index contributed by atoms with van der Waals surface area (Å²) in [5.41, 5.74) is 3.48. The van der Waals surface area contributed by atoms with Crippen LogP contribution in [0.25, 0.3) is 11.3 Å². The summed E-state index contributed by atoms with van der Waals surface area (Å²) in [4.78, 5) is 11.2. The predicted octanol–water partition coefficient (Wildman–Crippen LogP) is 3.30. The molecule has 0 spiro atoms. The van der Waals surface area contributed by atoms with Crippen LogP contribution in [-0.4, -0.2) is 40.4 Å². The summed E-state index contributed by atoms with van der Waals surface area (Å²) >= 11 is 0. The molecule has 0 unspecified atom stereocenters. The van der Waals surface area contributed by atoms with Crippen molar-refractivity contribution in [2.75, 3.05) is 30.9 Å². The minimum absolute atomic E-state index is 0.277. The molecule has 1 saturated carbocycles. The van der Waals surface area contributed by atoms with Gasteiger partial charge in [0, 0.05) is 62.4 Å².